The first kappa shape index (κ1) is 85.8. The van der Waals surface area contributed by atoms with Crippen molar-refractivity contribution >= 4 is 34.8 Å². The lowest BCUT2D eigenvalue weighted by atomic mass is 9.77. The van der Waals surface area contributed by atoms with E-state index in [0.29, 0.717) is 0 Å². The molecule has 0 spiro atoms. The SMILES string of the molecule is CO[C@H]1O[C@H](CC(OC(=S)n2ccnc2)[C@H]2O[C@H](COCc3ccccc3)[C@@H](OCc3ccccc3)[C@H](OCc3ccccc3)[C@@H]2OCc2ccccc2)[C@@H](OCc2ccccc2)[C@H](C(OC(=S)n2ccnc2)[C@H]2O[C@H](COCc3ccccc3)[C@@H](OCc3ccccc3)[C@H](OCc3ccccc3)[C@@H]2OCc2ccccc2)[C@@H]1OCc1ccccc1. The van der Waals surface area contributed by atoms with E-state index in [1.807, 2.05) is 303 Å². The fraction of sp³-hybridized carbons (Fsp3) is 0.313. The first-order valence-corrected chi connectivity index (χ1v) is 42.0. The van der Waals surface area contributed by atoms with Crippen LogP contribution >= 0.6 is 24.4 Å². The van der Waals surface area contributed by atoms with Crippen LogP contribution in [0, 0.1) is 5.92 Å². The molecule has 0 aliphatic carbocycles. The van der Waals surface area contributed by atoms with E-state index >= 15 is 0 Å². The molecular weight excluding hydrogens is 1570 g/mol. The Morgan fingerprint density at radius 1 is 0.314 bits per heavy atom. The largest absolute Gasteiger partial charge is 0.464 e. The van der Waals surface area contributed by atoms with Crippen molar-refractivity contribution in [1.29, 1.82) is 0 Å². The summed E-state index contributed by atoms with van der Waals surface area (Å²) in [5.74, 6) is -1.07. The molecule has 3 fully saturated rings. The van der Waals surface area contributed by atoms with E-state index < -0.39 is 104 Å². The second kappa shape index (κ2) is 45.1. The van der Waals surface area contributed by atoms with Gasteiger partial charge in [-0.05, 0) is 80.1 Å². The summed E-state index contributed by atoms with van der Waals surface area (Å²) in [6, 6.07) is 100. The minimum atomic E-state index is -1.29. The molecule has 3 aliphatic heterocycles. The van der Waals surface area contributed by atoms with Crippen molar-refractivity contribution < 1.29 is 75.8 Å². The van der Waals surface area contributed by atoms with E-state index in [1.54, 1.807) is 53.7 Å². The zero-order chi connectivity index (χ0) is 82.4. The molecule has 0 amide bonds. The predicted octanol–water partition coefficient (Wildman–Crippen LogP) is 16.8. The standard InChI is InChI=1S/C99H102N4O16S2/c1-104-97-91(110-62-76-42-22-7-23-43-76)85(90(119-99(121)103-55-53-101-70-103)96-95(114-66-80-50-30-11-31-51-80)93(112-64-78-46-26-9-27-47-78)88(109-61-75-40-20-6-21-41-75)84(116-96)68-106-58-72-34-14-3-15-35-72)86(107-59-73-36-16-4-17-37-73)81(117-97)56-82(118-98(120)102-54-52-100-69-102)89-94(113-65-79-48-28-10-29-49-79)92(111-63-77-44-24-8-25-45-77)87(108-60-74-38-18-5-19-39-74)83(115-89)67-105-57-71-32-12-2-13-33-71/h2-55,69-70,81-97H,56-68H2,1H3/t81-,82?,83-,84-,85-,86-,87-,88-,89-,90?,91+,92+,93+,94-,95+,96-,97+/m1/s1. The molecule has 20 nitrogen and oxygen atoms in total. The summed E-state index contributed by atoms with van der Waals surface area (Å²) in [4.78, 5) is 8.98. The summed E-state index contributed by atoms with van der Waals surface area (Å²) in [6.07, 6.45) is -6.89. The highest BCUT2D eigenvalue weighted by Gasteiger charge is 2.61. The number of rotatable bonds is 40. The second-order valence-corrected chi connectivity index (χ2v) is 30.9. The molecule has 121 heavy (non-hydrogen) atoms. The van der Waals surface area contributed by atoms with Crippen molar-refractivity contribution in [2.45, 2.75) is 170 Å². The first-order valence-electron chi connectivity index (χ1n) is 41.2. The maximum Gasteiger partial charge on any atom is 0.269 e. The maximum absolute atomic E-state index is 8.03. The minimum Gasteiger partial charge on any atom is -0.464 e. The lowest BCUT2D eigenvalue weighted by Crippen LogP contribution is -2.69. The van der Waals surface area contributed by atoms with Gasteiger partial charge in [0.05, 0.1) is 97.4 Å². The highest BCUT2D eigenvalue weighted by Crippen LogP contribution is 2.45. The van der Waals surface area contributed by atoms with Gasteiger partial charge in [0, 0.05) is 38.3 Å². The zero-order valence-corrected chi connectivity index (χ0v) is 69.1. The van der Waals surface area contributed by atoms with Gasteiger partial charge in [-0.25, -0.2) is 9.97 Å². The van der Waals surface area contributed by atoms with Crippen LogP contribution in [-0.4, -0.2) is 148 Å². The lowest BCUT2D eigenvalue weighted by Gasteiger charge is -2.54. The number of hydrogen-bond donors (Lipinski definition) is 0. The van der Waals surface area contributed by atoms with Gasteiger partial charge in [0.2, 0.25) is 0 Å². The number of hydrogen-bond acceptors (Lipinski definition) is 20. The van der Waals surface area contributed by atoms with Crippen molar-refractivity contribution in [2.75, 3.05) is 20.3 Å². The second-order valence-electron chi connectivity index (χ2n) is 30.2. The Labute approximate surface area is 718 Å². The Hall–Kier alpha value is -10.2. The van der Waals surface area contributed by atoms with Crippen molar-refractivity contribution in [3.05, 3.63) is 396 Å². The monoisotopic (exact) mass is 1670 g/mol. The molecule has 0 saturated carbocycles. The molecule has 0 N–H and O–H groups in total. The minimum absolute atomic E-state index is 0.0103. The van der Waals surface area contributed by atoms with Gasteiger partial charge in [0.1, 0.15) is 92.0 Å². The van der Waals surface area contributed by atoms with E-state index in [9.17, 15) is 0 Å². The summed E-state index contributed by atoms with van der Waals surface area (Å²) in [5, 5.41) is 0.0594. The molecule has 15 rings (SSSR count). The molecule has 2 unspecified atom stereocenters. The summed E-state index contributed by atoms with van der Waals surface area (Å²) < 4.78 is 123. The number of thiocarbonyl (C=S) groups is 2. The molecule has 22 heteroatoms. The number of benzene rings is 10. The van der Waals surface area contributed by atoms with E-state index in [1.165, 1.54) is 0 Å². The summed E-state index contributed by atoms with van der Waals surface area (Å²) >= 11 is 13.1. The van der Waals surface area contributed by atoms with E-state index in [2.05, 4.69) is 9.97 Å². The van der Waals surface area contributed by atoms with Crippen LogP contribution in [0.4, 0.5) is 0 Å². The van der Waals surface area contributed by atoms with Gasteiger partial charge in [-0.15, -0.1) is 0 Å². The third-order valence-electron chi connectivity index (χ3n) is 21.8. The van der Waals surface area contributed by atoms with Gasteiger partial charge in [-0.1, -0.05) is 303 Å². The normalized spacial score (nSPS) is 23.4. The number of nitrogens with zero attached hydrogens (tertiary/aromatic N) is 4. The van der Waals surface area contributed by atoms with Crippen LogP contribution in [0.15, 0.2) is 341 Å². The fourth-order valence-corrected chi connectivity index (χ4v) is 16.2. The van der Waals surface area contributed by atoms with Crippen molar-refractivity contribution in [1.82, 2.24) is 19.1 Å². The van der Waals surface area contributed by atoms with Crippen LogP contribution in [0.1, 0.15) is 62.1 Å². The van der Waals surface area contributed by atoms with Crippen LogP contribution in [0.25, 0.3) is 0 Å². The van der Waals surface area contributed by atoms with Gasteiger partial charge in [0.25, 0.3) is 10.3 Å². The molecule has 626 valence electrons. The smallest absolute Gasteiger partial charge is 0.269 e. The topological polar surface area (TPSA) is 183 Å². The molecular formula is C99H102N4O16S2. The Morgan fingerprint density at radius 2 is 0.595 bits per heavy atom. The predicted molar refractivity (Wildman–Crippen MR) is 464 cm³/mol. The van der Waals surface area contributed by atoms with Gasteiger partial charge >= 0.3 is 0 Å². The molecule has 17 atom stereocenters. The summed E-state index contributed by atoms with van der Waals surface area (Å²) in [7, 11) is 1.60. The summed E-state index contributed by atoms with van der Waals surface area (Å²) in [5.41, 5.74) is 9.11. The number of methoxy groups -OCH3 is 1. The van der Waals surface area contributed by atoms with Gasteiger partial charge in [0.15, 0.2) is 6.29 Å². The highest BCUT2D eigenvalue weighted by molar-refractivity contribution is 7.80. The maximum atomic E-state index is 8.03. The summed E-state index contributed by atoms with van der Waals surface area (Å²) in [6.45, 7) is 1.53. The van der Waals surface area contributed by atoms with Crippen LogP contribution in [-0.2, 0) is 142 Å². The van der Waals surface area contributed by atoms with Gasteiger partial charge in [-0.3, -0.25) is 9.13 Å². The van der Waals surface area contributed by atoms with Gasteiger partial charge < -0.3 is 75.8 Å². The molecule has 3 aliphatic rings. The Bertz CT molecular complexity index is 4930. The van der Waals surface area contributed by atoms with Crippen molar-refractivity contribution in [3.63, 3.8) is 0 Å². The average Bonchev–Trinajstić information content (AvgIpc) is 0.752. The Kier molecular flexibility index (Phi) is 32.0. The van der Waals surface area contributed by atoms with Crippen LogP contribution in [0.5, 0.6) is 0 Å². The van der Waals surface area contributed by atoms with E-state index in [4.69, 9.17) is 100 Å². The Morgan fingerprint density at radius 3 is 0.917 bits per heavy atom. The fourth-order valence-electron chi connectivity index (χ4n) is 15.8. The molecule has 2 aromatic heterocycles. The van der Waals surface area contributed by atoms with Crippen LogP contribution < -0.4 is 0 Å². The molecule has 5 heterocycles. The van der Waals surface area contributed by atoms with Crippen LogP contribution in [0.2, 0.25) is 0 Å². The molecule has 0 radical (unpaired) electrons. The first-order chi connectivity index (χ1) is 59.8. The van der Waals surface area contributed by atoms with Crippen LogP contribution in [0.3, 0.4) is 0 Å². The van der Waals surface area contributed by atoms with E-state index in [0.717, 1.165) is 55.6 Å². The quantitative estimate of drug-likeness (QED) is 0.0330. The zero-order valence-electron chi connectivity index (χ0n) is 67.5. The van der Waals surface area contributed by atoms with Crippen molar-refractivity contribution in [3.8, 4) is 0 Å². The molecule has 12 aromatic rings. The van der Waals surface area contributed by atoms with Crippen molar-refractivity contribution in [2.24, 2.45) is 5.92 Å². The number of imidazole rings is 2. The molecule has 10 aromatic carbocycles. The Balaban J connectivity index is 0.918. The van der Waals surface area contributed by atoms with Gasteiger partial charge in [-0.2, -0.15) is 0 Å². The number of aromatic nitrogens is 4. The molecule has 3 saturated heterocycles. The third kappa shape index (κ3) is 24.2. The number of ether oxygens (including phenoxy) is 16. The average molecular weight is 1670 g/mol. The highest BCUT2D eigenvalue weighted by atomic mass is 32.1. The molecule has 0 bridgehead atoms. The van der Waals surface area contributed by atoms with E-state index in [-0.39, 0.29) is 96.1 Å². The third-order valence-corrected chi connectivity index (χ3v) is 22.4. The lowest BCUT2D eigenvalue weighted by molar-refractivity contribution is -0.334.